The average molecular weight is 329 g/mol. The zero-order chi connectivity index (χ0) is 16.6. The molecule has 0 aliphatic carbocycles. The van der Waals surface area contributed by atoms with Gasteiger partial charge in [0.05, 0.1) is 19.3 Å². The molecule has 0 spiro atoms. The van der Waals surface area contributed by atoms with Crippen molar-refractivity contribution in [3.05, 3.63) is 48.5 Å². The first-order valence-corrected chi connectivity index (χ1v) is 8.26. The van der Waals surface area contributed by atoms with Gasteiger partial charge in [-0.05, 0) is 5.56 Å². The Morgan fingerprint density at radius 1 is 1.33 bits per heavy atom. The number of aromatic nitrogens is 3. The van der Waals surface area contributed by atoms with Crippen molar-refractivity contribution in [1.29, 1.82) is 0 Å². The summed E-state index contributed by atoms with van der Waals surface area (Å²) in [4.78, 5) is 18.1. The number of morpholine rings is 1. The number of hydrogen-bond donors (Lipinski definition) is 1. The molecule has 1 aliphatic heterocycles. The van der Waals surface area contributed by atoms with Gasteiger partial charge in [-0.25, -0.2) is 4.98 Å². The third-order valence-electron chi connectivity index (χ3n) is 4.03. The predicted octanol–water partition coefficient (Wildman–Crippen LogP) is 0.685. The Bertz CT molecular complexity index is 617. The topological polar surface area (TPSA) is 72.3 Å². The van der Waals surface area contributed by atoms with E-state index in [2.05, 4.69) is 44.6 Å². The molecule has 0 bridgehead atoms. The lowest BCUT2D eigenvalue weighted by molar-refractivity contribution is -0.122. The summed E-state index contributed by atoms with van der Waals surface area (Å²) < 4.78 is 7.41. The number of nitrogens with zero attached hydrogens (tertiary/aromatic N) is 4. The minimum atomic E-state index is 0.00860. The monoisotopic (exact) mass is 329 g/mol. The van der Waals surface area contributed by atoms with E-state index in [9.17, 15) is 4.79 Å². The highest BCUT2D eigenvalue weighted by Crippen LogP contribution is 2.10. The molecular formula is C17H23N5O2. The lowest BCUT2D eigenvalue weighted by Crippen LogP contribution is -2.47. The van der Waals surface area contributed by atoms with Crippen molar-refractivity contribution in [2.75, 3.05) is 26.2 Å². The van der Waals surface area contributed by atoms with Crippen LogP contribution in [-0.2, 0) is 22.6 Å². The van der Waals surface area contributed by atoms with E-state index in [1.165, 1.54) is 11.9 Å². The Kier molecular flexibility index (Phi) is 5.92. The van der Waals surface area contributed by atoms with Crippen LogP contribution in [0.2, 0.25) is 0 Å². The van der Waals surface area contributed by atoms with Crippen molar-refractivity contribution >= 4 is 5.91 Å². The quantitative estimate of drug-likeness (QED) is 0.809. The highest BCUT2D eigenvalue weighted by molar-refractivity contribution is 5.75. The molecule has 7 nitrogen and oxygen atoms in total. The van der Waals surface area contributed by atoms with Gasteiger partial charge in [0, 0.05) is 32.6 Å². The van der Waals surface area contributed by atoms with Crippen LogP contribution in [0.25, 0.3) is 0 Å². The van der Waals surface area contributed by atoms with Gasteiger partial charge in [0.1, 0.15) is 12.7 Å². The fraction of sp³-hybridized carbons (Fsp3) is 0.471. The summed E-state index contributed by atoms with van der Waals surface area (Å²) in [5, 5.41) is 6.93. The molecule has 7 heteroatoms. The Morgan fingerprint density at radius 2 is 2.21 bits per heavy atom. The van der Waals surface area contributed by atoms with Gasteiger partial charge >= 0.3 is 0 Å². The zero-order valence-electron chi connectivity index (χ0n) is 13.7. The summed E-state index contributed by atoms with van der Waals surface area (Å²) in [6, 6.07) is 10.4. The first kappa shape index (κ1) is 16.6. The second-order valence-electron chi connectivity index (χ2n) is 5.93. The molecule has 128 valence electrons. The first-order chi connectivity index (χ1) is 11.8. The van der Waals surface area contributed by atoms with E-state index in [1.54, 1.807) is 11.0 Å². The molecule has 1 saturated heterocycles. The number of rotatable bonds is 7. The van der Waals surface area contributed by atoms with Crippen LogP contribution in [-0.4, -0.2) is 57.9 Å². The average Bonchev–Trinajstić information content (AvgIpc) is 3.13. The second kappa shape index (κ2) is 8.56. The number of amides is 1. The maximum Gasteiger partial charge on any atom is 0.221 e. The smallest absolute Gasteiger partial charge is 0.221 e. The number of aryl methyl sites for hydroxylation is 1. The highest BCUT2D eigenvalue weighted by Gasteiger charge is 2.20. The van der Waals surface area contributed by atoms with E-state index < -0.39 is 0 Å². The Hall–Kier alpha value is -2.25. The van der Waals surface area contributed by atoms with Gasteiger partial charge in [0.2, 0.25) is 5.91 Å². The van der Waals surface area contributed by atoms with Crippen LogP contribution >= 0.6 is 0 Å². The number of ether oxygens (including phenoxy) is 1. The molecule has 1 aromatic carbocycles. The molecule has 0 saturated carbocycles. The molecule has 1 unspecified atom stereocenters. The van der Waals surface area contributed by atoms with Gasteiger partial charge < -0.3 is 10.1 Å². The summed E-state index contributed by atoms with van der Waals surface area (Å²) >= 11 is 0. The Labute approximate surface area is 141 Å². The Balaban J connectivity index is 1.38. The zero-order valence-corrected chi connectivity index (χ0v) is 13.7. The molecule has 1 amide bonds. The van der Waals surface area contributed by atoms with Crippen molar-refractivity contribution in [2.45, 2.75) is 25.6 Å². The van der Waals surface area contributed by atoms with Gasteiger partial charge in [0.15, 0.2) is 0 Å². The van der Waals surface area contributed by atoms with Crippen molar-refractivity contribution < 1.29 is 9.53 Å². The molecule has 1 atom stereocenters. The predicted molar refractivity (Wildman–Crippen MR) is 89.1 cm³/mol. The van der Waals surface area contributed by atoms with E-state index in [4.69, 9.17) is 4.74 Å². The SMILES string of the molecule is O=C(CCn1cncn1)NCC1CN(Cc2ccccc2)CCO1. The molecule has 1 N–H and O–H groups in total. The van der Waals surface area contributed by atoms with Crippen molar-refractivity contribution in [3.8, 4) is 0 Å². The second-order valence-corrected chi connectivity index (χ2v) is 5.93. The van der Waals surface area contributed by atoms with Gasteiger partial charge in [-0.1, -0.05) is 30.3 Å². The van der Waals surface area contributed by atoms with E-state index >= 15 is 0 Å². The maximum absolute atomic E-state index is 11.9. The summed E-state index contributed by atoms with van der Waals surface area (Å²) in [5.41, 5.74) is 1.30. The number of carbonyl (C=O) groups is 1. The van der Waals surface area contributed by atoms with Crippen LogP contribution in [0, 0.1) is 0 Å². The lowest BCUT2D eigenvalue weighted by Gasteiger charge is -2.33. The molecule has 1 aromatic heterocycles. The van der Waals surface area contributed by atoms with Gasteiger partial charge in [-0.2, -0.15) is 5.10 Å². The van der Waals surface area contributed by atoms with Crippen molar-refractivity contribution in [1.82, 2.24) is 25.0 Å². The molecule has 2 aromatic rings. The van der Waals surface area contributed by atoms with E-state index in [-0.39, 0.29) is 12.0 Å². The fourth-order valence-electron chi connectivity index (χ4n) is 2.77. The van der Waals surface area contributed by atoms with Crippen LogP contribution in [0.15, 0.2) is 43.0 Å². The molecule has 1 aliphatic rings. The first-order valence-electron chi connectivity index (χ1n) is 8.26. The molecule has 3 rings (SSSR count). The molecule has 1 fully saturated rings. The summed E-state index contributed by atoms with van der Waals surface area (Å²) in [6.45, 7) is 4.45. The molecule has 24 heavy (non-hydrogen) atoms. The highest BCUT2D eigenvalue weighted by atomic mass is 16.5. The van der Waals surface area contributed by atoms with Gasteiger partial charge in [-0.3, -0.25) is 14.4 Å². The van der Waals surface area contributed by atoms with Crippen LogP contribution in [0.5, 0.6) is 0 Å². The standard InChI is InChI=1S/C17H23N5O2/c23-17(6-7-22-14-18-13-20-22)19-10-16-12-21(8-9-24-16)11-15-4-2-1-3-5-15/h1-5,13-14,16H,6-12H2,(H,19,23). The minimum absolute atomic E-state index is 0.00860. The van der Waals surface area contributed by atoms with Crippen LogP contribution in [0.1, 0.15) is 12.0 Å². The van der Waals surface area contributed by atoms with E-state index in [1.807, 2.05) is 6.07 Å². The summed E-state index contributed by atoms with van der Waals surface area (Å²) in [5.74, 6) is 0.00860. The van der Waals surface area contributed by atoms with E-state index in [0.717, 1.165) is 19.6 Å². The summed E-state index contributed by atoms with van der Waals surface area (Å²) in [6.07, 6.45) is 3.51. The molecule has 2 heterocycles. The van der Waals surface area contributed by atoms with Crippen LogP contribution in [0.3, 0.4) is 0 Å². The van der Waals surface area contributed by atoms with Crippen LogP contribution < -0.4 is 5.32 Å². The largest absolute Gasteiger partial charge is 0.374 e. The number of nitrogens with one attached hydrogen (secondary N) is 1. The lowest BCUT2D eigenvalue weighted by atomic mass is 10.2. The summed E-state index contributed by atoms with van der Waals surface area (Å²) in [7, 11) is 0. The fourth-order valence-corrected chi connectivity index (χ4v) is 2.77. The number of carbonyl (C=O) groups excluding carboxylic acids is 1. The van der Waals surface area contributed by atoms with Crippen molar-refractivity contribution in [3.63, 3.8) is 0 Å². The van der Waals surface area contributed by atoms with Gasteiger partial charge in [-0.15, -0.1) is 0 Å². The third-order valence-corrected chi connectivity index (χ3v) is 4.03. The minimum Gasteiger partial charge on any atom is -0.374 e. The normalized spacial score (nSPS) is 18.4. The maximum atomic E-state index is 11.9. The Morgan fingerprint density at radius 3 is 3.00 bits per heavy atom. The van der Waals surface area contributed by atoms with Crippen molar-refractivity contribution in [2.24, 2.45) is 0 Å². The molecule has 0 radical (unpaired) electrons. The van der Waals surface area contributed by atoms with Gasteiger partial charge in [0.25, 0.3) is 0 Å². The van der Waals surface area contributed by atoms with Crippen LogP contribution in [0.4, 0.5) is 0 Å². The number of benzene rings is 1. The van der Waals surface area contributed by atoms with E-state index in [0.29, 0.717) is 26.1 Å². The molecular weight excluding hydrogens is 306 g/mol. The number of hydrogen-bond acceptors (Lipinski definition) is 5. The third kappa shape index (κ3) is 5.14.